The smallest absolute Gasteiger partial charge is 0.178 e. The normalized spacial score (nSPS) is 12.1. The van der Waals surface area contributed by atoms with Crippen molar-refractivity contribution >= 4 is 44.3 Å². The molecule has 2 N–H and O–H groups in total. The largest absolute Gasteiger partial charge is 0.336 e. The Balaban J connectivity index is 1.66. The van der Waals surface area contributed by atoms with Crippen molar-refractivity contribution in [1.82, 2.24) is 24.5 Å². The standard InChI is InChI=1S/C17H18N6S/c1-17(2,3)8-12-14-13(24-23-12)7-10(9-19-14)20-16-15-11(21-22-16)5-4-6-18-15/h4-7,9H,8H2,1-3H3,(H2,20,21,22). The van der Waals surface area contributed by atoms with E-state index in [1.54, 1.807) is 6.20 Å². The Hall–Kier alpha value is -2.54. The highest BCUT2D eigenvalue weighted by molar-refractivity contribution is 7.13. The summed E-state index contributed by atoms with van der Waals surface area (Å²) in [5.41, 5.74) is 4.85. The van der Waals surface area contributed by atoms with Crippen LogP contribution in [0.2, 0.25) is 0 Å². The molecule has 0 radical (unpaired) electrons. The van der Waals surface area contributed by atoms with Crippen molar-refractivity contribution in [3.05, 3.63) is 36.3 Å². The molecule has 4 aromatic heterocycles. The van der Waals surface area contributed by atoms with Crippen molar-refractivity contribution in [2.45, 2.75) is 27.2 Å². The van der Waals surface area contributed by atoms with Crippen LogP contribution in [-0.4, -0.2) is 24.5 Å². The number of nitrogens with one attached hydrogen (secondary N) is 2. The molecule has 122 valence electrons. The van der Waals surface area contributed by atoms with Crippen molar-refractivity contribution in [2.24, 2.45) is 5.41 Å². The van der Waals surface area contributed by atoms with E-state index in [0.29, 0.717) is 5.82 Å². The van der Waals surface area contributed by atoms with Crippen LogP contribution < -0.4 is 5.32 Å². The minimum absolute atomic E-state index is 0.194. The van der Waals surface area contributed by atoms with Crippen LogP contribution in [0.1, 0.15) is 26.5 Å². The first-order chi connectivity index (χ1) is 11.5. The van der Waals surface area contributed by atoms with Crippen LogP contribution in [0.5, 0.6) is 0 Å². The molecule has 0 amide bonds. The molecular formula is C17H18N6S. The van der Waals surface area contributed by atoms with Gasteiger partial charge in [-0.15, -0.1) is 0 Å². The van der Waals surface area contributed by atoms with E-state index in [0.717, 1.165) is 39.1 Å². The van der Waals surface area contributed by atoms with E-state index in [-0.39, 0.29) is 5.41 Å². The lowest BCUT2D eigenvalue weighted by Crippen LogP contribution is -2.09. The molecule has 4 heterocycles. The van der Waals surface area contributed by atoms with Crippen LogP contribution in [0.25, 0.3) is 21.3 Å². The van der Waals surface area contributed by atoms with Gasteiger partial charge in [-0.3, -0.25) is 15.1 Å². The fourth-order valence-corrected chi connectivity index (χ4v) is 3.44. The summed E-state index contributed by atoms with van der Waals surface area (Å²) in [7, 11) is 0. The molecular weight excluding hydrogens is 320 g/mol. The Morgan fingerprint density at radius 1 is 1.21 bits per heavy atom. The maximum atomic E-state index is 4.61. The minimum Gasteiger partial charge on any atom is -0.336 e. The predicted octanol–water partition coefficient (Wildman–Crippen LogP) is 4.29. The van der Waals surface area contributed by atoms with Gasteiger partial charge in [0.2, 0.25) is 0 Å². The molecule has 0 atom stereocenters. The van der Waals surface area contributed by atoms with Gasteiger partial charge in [0.1, 0.15) is 11.0 Å². The number of hydrogen-bond donors (Lipinski definition) is 2. The zero-order valence-electron chi connectivity index (χ0n) is 13.8. The lowest BCUT2D eigenvalue weighted by Gasteiger charge is -2.16. The molecule has 0 aliphatic carbocycles. The molecule has 0 spiro atoms. The van der Waals surface area contributed by atoms with Crippen LogP contribution in [-0.2, 0) is 6.42 Å². The average molecular weight is 338 g/mol. The zero-order valence-corrected chi connectivity index (χ0v) is 14.6. The van der Waals surface area contributed by atoms with Gasteiger partial charge < -0.3 is 5.32 Å². The third kappa shape index (κ3) is 2.82. The van der Waals surface area contributed by atoms with Gasteiger partial charge in [-0.2, -0.15) is 9.47 Å². The first-order valence-electron chi connectivity index (χ1n) is 7.80. The van der Waals surface area contributed by atoms with Gasteiger partial charge in [0.15, 0.2) is 5.82 Å². The highest BCUT2D eigenvalue weighted by Gasteiger charge is 2.17. The Labute approximate surface area is 143 Å². The average Bonchev–Trinajstić information content (AvgIpc) is 3.11. The summed E-state index contributed by atoms with van der Waals surface area (Å²) >= 11 is 1.49. The van der Waals surface area contributed by atoms with Gasteiger partial charge in [0.25, 0.3) is 0 Å². The van der Waals surface area contributed by atoms with E-state index < -0.39 is 0 Å². The van der Waals surface area contributed by atoms with Gasteiger partial charge in [0, 0.05) is 6.20 Å². The van der Waals surface area contributed by atoms with Crippen molar-refractivity contribution < 1.29 is 0 Å². The molecule has 0 aromatic carbocycles. The molecule has 4 rings (SSSR count). The van der Waals surface area contributed by atoms with Gasteiger partial charge in [-0.25, -0.2) is 0 Å². The predicted molar refractivity (Wildman–Crippen MR) is 97.7 cm³/mol. The number of anilines is 2. The molecule has 0 bridgehead atoms. The lowest BCUT2D eigenvalue weighted by atomic mass is 9.90. The van der Waals surface area contributed by atoms with E-state index in [9.17, 15) is 0 Å². The first kappa shape index (κ1) is 15.0. The van der Waals surface area contributed by atoms with Crippen LogP contribution in [0.4, 0.5) is 11.5 Å². The van der Waals surface area contributed by atoms with E-state index in [1.165, 1.54) is 11.5 Å². The molecule has 24 heavy (non-hydrogen) atoms. The third-order valence-corrected chi connectivity index (χ3v) is 4.48. The van der Waals surface area contributed by atoms with Gasteiger partial charge >= 0.3 is 0 Å². The van der Waals surface area contributed by atoms with Gasteiger partial charge in [-0.1, -0.05) is 20.8 Å². The number of H-pyrrole nitrogens is 1. The van der Waals surface area contributed by atoms with E-state index >= 15 is 0 Å². The Kier molecular flexibility index (Phi) is 3.45. The molecule has 0 unspecified atom stereocenters. The molecule has 0 saturated carbocycles. The Morgan fingerprint density at radius 3 is 2.92 bits per heavy atom. The summed E-state index contributed by atoms with van der Waals surface area (Å²) in [6, 6.07) is 5.89. The van der Waals surface area contributed by atoms with Crippen LogP contribution >= 0.6 is 11.5 Å². The minimum atomic E-state index is 0.194. The molecule has 0 fully saturated rings. The lowest BCUT2D eigenvalue weighted by molar-refractivity contribution is 0.409. The van der Waals surface area contributed by atoms with Crippen LogP contribution in [0.3, 0.4) is 0 Å². The molecule has 7 heteroatoms. The highest BCUT2D eigenvalue weighted by atomic mass is 32.1. The third-order valence-electron chi connectivity index (χ3n) is 3.66. The Morgan fingerprint density at radius 2 is 2.08 bits per heavy atom. The summed E-state index contributed by atoms with van der Waals surface area (Å²) in [6.07, 6.45) is 4.50. The van der Waals surface area contributed by atoms with Crippen molar-refractivity contribution in [1.29, 1.82) is 0 Å². The number of aromatic nitrogens is 5. The maximum Gasteiger partial charge on any atom is 0.178 e. The molecule has 0 aliphatic rings. The van der Waals surface area contributed by atoms with E-state index in [2.05, 4.69) is 56.7 Å². The number of rotatable bonds is 3. The molecule has 4 aromatic rings. The topological polar surface area (TPSA) is 79.4 Å². The number of fused-ring (bicyclic) bond motifs is 2. The summed E-state index contributed by atoms with van der Waals surface area (Å²) in [5, 5.41) is 10.5. The summed E-state index contributed by atoms with van der Waals surface area (Å²) < 4.78 is 5.66. The number of nitrogens with zero attached hydrogens (tertiary/aromatic N) is 4. The summed E-state index contributed by atoms with van der Waals surface area (Å²) in [6.45, 7) is 6.64. The van der Waals surface area contributed by atoms with Crippen molar-refractivity contribution in [3.63, 3.8) is 0 Å². The zero-order chi connectivity index (χ0) is 16.7. The van der Waals surface area contributed by atoms with E-state index in [4.69, 9.17) is 0 Å². The second kappa shape index (κ2) is 5.52. The number of aromatic amines is 1. The fraction of sp³-hybridized carbons (Fsp3) is 0.294. The maximum absolute atomic E-state index is 4.61. The number of pyridine rings is 2. The van der Waals surface area contributed by atoms with Crippen LogP contribution in [0, 0.1) is 5.41 Å². The first-order valence-corrected chi connectivity index (χ1v) is 8.57. The van der Waals surface area contributed by atoms with Crippen LogP contribution in [0.15, 0.2) is 30.6 Å². The molecule has 0 aliphatic heterocycles. The summed E-state index contributed by atoms with van der Waals surface area (Å²) in [4.78, 5) is 8.97. The fourth-order valence-electron chi connectivity index (χ4n) is 2.64. The monoisotopic (exact) mass is 338 g/mol. The molecule has 6 nitrogen and oxygen atoms in total. The van der Waals surface area contributed by atoms with Crippen molar-refractivity contribution in [3.8, 4) is 0 Å². The second-order valence-electron chi connectivity index (χ2n) is 7.03. The summed E-state index contributed by atoms with van der Waals surface area (Å²) in [5.74, 6) is 0.700. The second-order valence-corrected chi connectivity index (χ2v) is 7.84. The van der Waals surface area contributed by atoms with Crippen molar-refractivity contribution in [2.75, 3.05) is 5.32 Å². The van der Waals surface area contributed by atoms with Gasteiger partial charge in [-0.05, 0) is 41.6 Å². The molecule has 0 saturated heterocycles. The number of hydrogen-bond acceptors (Lipinski definition) is 6. The highest BCUT2D eigenvalue weighted by Crippen LogP contribution is 2.30. The van der Waals surface area contributed by atoms with E-state index in [1.807, 2.05) is 18.3 Å². The van der Waals surface area contributed by atoms with Gasteiger partial charge in [0.05, 0.1) is 27.8 Å². The SMILES string of the molecule is CC(C)(C)Cc1nsc2cc(Nc3n[nH]c4cccnc34)cnc12. The Bertz CT molecular complexity index is 1010. The quantitative estimate of drug-likeness (QED) is 0.582.